The molecule has 2 aliphatic heterocycles. The van der Waals surface area contributed by atoms with E-state index in [1.807, 2.05) is 13.8 Å². The second-order valence-electron chi connectivity index (χ2n) is 9.40. The number of unbranched alkanes of at least 4 members (excludes halogenated alkanes) is 7. The number of hydrogen-bond acceptors (Lipinski definition) is 7. The molecule has 188 valence electrons. The van der Waals surface area contributed by atoms with Crippen molar-refractivity contribution in [3.8, 4) is 0 Å². The van der Waals surface area contributed by atoms with Crippen LogP contribution in [0.1, 0.15) is 78.6 Å². The number of hydrogen-bond donors (Lipinski definition) is 2. The molecule has 0 bridgehead atoms. The lowest BCUT2D eigenvalue weighted by Gasteiger charge is -2.38. The van der Waals surface area contributed by atoms with E-state index in [1.165, 1.54) is 13.0 Å². The van der Waals surface area contributed by atoms with Crippen molar-refractivity contribution >= 4 is 33.7 Å². The predicted molar refractivity (Wildman–Crippen MR) is 126 cm³/mol. The Morgan fingerprint density at radius 2 is 1.70 bits per heavy atom. The first-order valence-electron chi connectivity index (χ1n) is 12.0. The number of rotatable bonds is 13. The van der Waals surface area contributed by atoms with Gasteiger partial charge in [-0.3, -0.25) is 9.59 Å². The fourth-order valence-electron chi connectivity index (χ4n) is 4.24. The van der Waals surface area contributed by atoms with E-state index in [9.17, 15) is 19.5 Å². The first-order valence-corrected chi connectivity index (χ1v) is 12.8. The number of aliphatic hydroxyl groups is 2. The summed E-state index contributed by atoms with van der Waals surface area (Å²) in [6.07, 6.45) is 7.54. The zero-order chi connectivity index (χ0) is 24.6. The monoisotopic (exact) mass is 531 g/mol. The van der Waals surface area contributed by atoms with Gasteiger partial charge in [-0.1, -0.05) is 59.3 Å². The van der Waals surface area contributed by atoms with Gasteiger partial charge in [-0.2, -0.15) is 0 Å². The van der Waals surface area contributed by atoms with Gasteiger partial charge in [0.05, 0.1) is 16.4 Å². The van der Waals surface area contributed by atoms with E-state index in [4.69, 9.17) is 14.6 Å². The zero-order valence-corrected chi connectivity index (χ0v) is 21.5. The summed E-state index contributed by atoms with van der Waals surface area (Å²) in [7, 11) is 0. The average Bonchev–Trinajstić information content (AvgIpc) is 3.16. The van der Waals surface area contributed by atoms with Crippen LogP contribution in [0.15, 0.2) is 10.6 Å². The third kappa shape index (κ3) is 7.34. The second-order valence-corrected chi connectivity index (χ2v) is 10.3. The Balaban J connectivity index is 1.92. The van der Waals surface area contributed by atoms with Crippen LogP contribution in [0.25, 0.3) is 0 Å². The molecule has 1 saturated heterocycles. The van der Waals surface area contributed by atoms with E-state index in [-0.39, 0.29) is 23.6 Å². The lowest BCUT2D eigenvalue weighted by Crippen LogP contribution is -2.52. The van der Waals surface area contributed by atoms with E-state index >= 15 is 0 Å². The molecule has 1 fully saturated rings. The van der Waals surface area contributed by atoms with Crippen LogP contribution in [0.5, 0.6) is 0 Å². The summed E-state index contributed by atoms with van der Waals surface area (Å²) < 4.78 is 11.1. The molecule has 4 atom stereocenters. The molecule has 0 radical (unpaired) electrons. The van der Waals surface area contributed by atoms with Gasteiger partial charge in [0.2, 0.25) is 5.91 Å². The van der Waals surface area contributed by atoms with Crippen LogP contribution < -0.4 is 0 Å². The van der Waals surface area contributed by atoms with Crippen LogP contribution in [0, 0.1) is 11.8 Å². The van der Waals surface area contributed by atoms with E-state index < -0.39 is 41.6 Å². The molecule has 0 aliphatic carbocycles. The minimum atomic E-state index is -1.68. The van der Waals surface area contributed by atoms with Crippen molar-refractivity contribution in [2.75, 3.05) is 13.2 Å². The summed E-state index contributed by atoms with van der Waals surface area (Å²) in [6, 6.07) is -0.393. The summed E-state index contributed by atoms with van der Waals surface area (Å²) in [6.45, 7) is 5.71. The molecule has 8 nitrogen and oxygen atoms in total. The Labute approximate surface area is 204 Å². The summed E-state index contributed by atoms with van der Waals surface area (Å²) in [5.41, 5.74) is 0. The smallest absolute Gasteiger partial charge is 0.416 e. The van der Waals surface area contributed by atoms with Crippen LogP contribution in [-0.4, -0.2) is 64.0 Å². The van der Waals surface area contributed by atoms with Crippen molar-refractivity contribution in [3.05, 3.63) is 10.6 Å². The van der Waals surface area contributed by atoms with Gasteiger partial charge in [-0.05, 0) is 40.8 Å². The largest absolute Gasteiger partial charge is 0.447 e. The Bertz CT molecular complexity index is 726. The van der Waals surface area contributed by atoms with Crippen LogP contribution in [-0.2, 0) is 19.1 Å². The summed E-state index contributed by atoms with van der Waals surface area (Å²) in [4.78, 5) is 39.0. The highest BCUT2D eigenvalue weighted by Crippen LogP contribution is 2.37. The van der Waals surface area contributed by atoms with Crippen molar-refractivity contribution in [2.24, 2.45) is 11.8 Å². The average molecular weight is 532 g/mol. The number of carbonyl (C=O) groups is 3. The molecule has 2 N–H and O–H groups in total. The first-order chi connectivity index (χ1) is 15.6. The number of ketones is 1. The van der Waals surface area contributed by atoms with E-state index in [0.717, 1.165) is 49.8 Å². The quantitative estimate of drug-likeness (QED) is 0.344. The van der Waals surface area contributed by atoms with Gasteiger partial charge in [0.15, 0.2) is 11.6 Å². The third-order valence-electron chi connectivity index (χ3n) is 6.42. The van der Waals surface area contributed by atoms with Crippen LogP contribution >= 0.6 is 15.9 Å². The highest BCUT2D eigenvalue weighted by Gasteiger charge is 2.48. The number of halogens is 1. The first kappa shape index (κ1) is 28.0. The minimum absolute atomic E-state index is 0.0104. The van der Waals surface area contributed by atoms with Gasteiger partial charge in [-0.15, -0.1) is 0 Å². The van der Waals surface area contributed by atoms with Gasteiger partial charge in [0.25, 0.3) is 0 Å². The van der Waals surface area contributed by atoms with Crippen LogP contribution in [0.3, 0.4) is 0 Å². The topological polar surface area (TPSA) is 113 Å². The highest BCUT2D eigenvalue weighted by atomic mass is 79.9. The maximum Gasteiger partial charge on any atom is 0.416 e. The molecule has 2 aliphatic rings. The van der Waals surface area contributed by atoms with Crippen LogP contribution in [0.2, 0.25) is 0 Å². The Morgan fingerprint density at radius 3 is 2.27 bits per heavy atom. The van der Waals surface area contributed by atoms with E-state index in [1.54, 1.807) is 0 Å². The minimum Gasteiger partial charge on any atom is -0.447 e. The highest BCUT2D eigenvalue weighted by molar-refractivity contribution is 9.11. The van der Waals surface area contributed by atoms with Gasteiger partial charge in [0.1, 0.15) is 12.7 Å². The van der Waals surface area contributed by atoms with Crippen molar-refractivity contribution in [2.45, 2.75) is 96.5 Å². The van der Waals surface area contributed by atoms with E-state index in [0.29, 0.717) is 12.8 Å². The Kier molecular flexibility index (Phi) is 11.0. The summed E-state index contributed by atoms with van der Waals surface area (Å²) in [5, 5.41) is 19.9. The van der Waals surface area contributed by atoms with Gasteiger partial charge in [0, 0.05) is 13.0 Å². The Hall–Kier alpha value is -1.29. The maximum atomic E-state index is 13.1. The SMILES string of the molecule is CC(C)[C@@H]1COC(=O)N1C(=O)[C@H](C)[C@@H]1O[C@@](O)(CCCCCCCCCCO)C(Br)=CC1=O. The summed E-state index contributed by atoms with van der Waals surface area (Å²) >= 11 is 3.26. The molecule has 0 spiro atoms. The zero-order valence-electron chi connectivity index (χ0n) is 19.9. The van der Waals surface area contributed by atoms with Crippen LogP contribution in [0.4, 0.5) is 4.79 Å². The molecule has 0 aromatic carbocycles. The number of nitrogens with zero attached hydrogens (tertiary/aromatic N) is 1. The maximum absolute atomic E-state index is 13.1. The van der Waals surface area contributed by atoms with Crippen molar-refractivity contribution in [3.63, 3.8) is 0 Å². The van der Waals surface area contributed by atoms with Crippen molar-refractivity contribution < 1.29 is 34.1 Å². The fraction of sp³-hybridized carbons (Fsp3) is 0.792. The van der Waals surface area contributed by atoms with Crippen molar-refractivity contribution in [1.29, 1.82) is 0 Å². The number of ether oxygens (including phenoxy) is 2. The van der Waals surface area contributed by atoms with Crippen molar-refractivity contribution in [1.82, 2.24) is 4.90 Å². The molecule has 2 amide bonds. The molecule has 0 aromatic heterocycles. The molecule has 2 rings (SSSR count). The molecule has 9 heteroatoms. The number of amides is 2. The number of aliphatic hydroxyl groups excluding tert-OH is 1. The third-order valence-corrected chi connectivity index (χ3v) is 7.27. The van der Waals surface area contributed by atoms with Gasteiger partial charge >= 0.3 is 6.09 Å². The standard InChI is InChI=1S/C24H38BrNO7/c1-16(2)18-15-32-23(30)26(18)22(29)17(3)21-19(28)14-20(25)24(31,33-21)12-10-8-6-4-5-7-9-11-13-27/h14,16-18,21,27,31H,4-13,15H2,1-3H3/t17-,18+,21+,24+/m1/s1. The fourth-order valence-corrected chi connectivity index (χ4v) is 4.75. The number of imide groups is 1. The van der Waals surface area contributed by atoms with Gasteiger partial charge < -0.3 is 19.7 Å². The molecule has 0 saturated carbocycles. The lowest BCUT2D eigenvalue weighted by atomic mass is 9.93. The number of cyclic esters (lactones) is 1. The molecule has 0 unspecified atom stereocenters. The molecular weight excluding hydrogens is 494 g/mol. The Morgan fingerprint density at radius 1 is 1.12 bits per heavy atom. The van der Waals surface area contributed by atoms with E-state index in [2.05, 4.69) is 15.9 Å². The number of carbonyl (C=O) groups excluding carboxylic acids is 3. The molecule has 0 aromatic rings. The molecule has 33 heavy (non-hydrogen) atoms. The normalized spacial score (nSPS) is 26.5. The van der Waals surface area contributed by atoms with Gasteiger partial charge in [-0.25, -0.2) is 9.69 Å². The lowest BCUT2D eigenvalue weighted by molar-refractivity contribution is -0.217. The second kappa shape index (κ2) is 13.0. The molecule has 2 heterocycles. The molecular formula is C24H38BrNO7. The predicted octanol–water partition coefficient (Wildman–Crippen LogP) is 4.06. The summed E-state index contributed by atoms with van der Waals surface area (Å²) in [5.74, 6) is -3.59.